The second kappa shape index (κ2) is 5.48. The zero-order valence-electron chi connectivity index (χ0n) is 8.63. The largest absolute Gasteiger partial charge is 0.387 e. The summed E-state index contributed by atoms with van der Waals surface area (Å²) in [5.74, 6) is -2.62. The lowest BCUT2D eigenvalue weighted by Crippen LogP contribution is -2.43. The highest BCUT2D eigenvalue weighted by atomic mass is 35.6. The Labute approximate surface area is 104 Å². The first-order valence-electron chi connectivity index (χ1n) is 4.38. The number of carbonyl (C=O) groups is 2. The molecule has 3 nitrogen and oxygen atoms in total. The van der Waals surface area contributed by atoms with Crippen LogP contribution in [0.3, 0.4) is 0 Å². The molecule has 0 heterocycles. The highest BCUT2D eigenvalue weighted by Gasteiger charge is 2.43. The average Bonchev–Trinajstić information content (AvgIpc) is 2.01. The minimum absolute atomic E-state index is 0.402. The Kier molecular flexibility index (Phi) is 5.55. The van der Waals surface area contributed by atoms with Crippen molar-refractivity contribution in [3.05, 3.63) is 0 Å². The SMILES string of the molecule is CC(=O)C(C(=O)C(C)C)C(O)C(Cl)(Cl)Cl. The molecule has 0 radical (unpaired) electrons. The summed E-state index contributed by atoms with van der Waals surface area (Å²) in [7, 11) is 0. The van der Waals surface area contributed by atoms with Gasteiger partial charge in [0.05, 0.1) is 0 Å². The van der Waals surface area contributed by atoms with E-state index in [4.69, 9.17) is 34.8 Å². The third kappa shape index (κ3) is 4.27. The number of aliphatic hydroxyl groups is 1. The number of hydrogen-bond acceptors (Lipinski definition) is 3. The van der Waals surface area contributed by atoms with Gasteiger partial charge >= 0.3 is 0 Å². The number of Topliss-reactive ketones (excluding diaryl/α,β-unsaturated/α-hetero) is 2. The molecule has 2 unspecified atom stereocenters. The Bertz CT molecular complexity index is 258. The van der Waals surface area contributed by atoms with Crippen LogP contribution in [0.25, 0.3) is 0 Å². The number of halogens is 3. The van der Waals surface area contributed by atoms with Gasteiger partial charge in [-0.25, -0.2) is 0 Å². The topological polar surface area (TPSA) is 54.4 Å². The van der Waals surface area contributed by atoms with Crippen molar-refractivity contribution >= 4 is 46.4 Å². The lowest BCUT2D eigenvalue weighted by molar-refractivity contribution is -0.138. The number of carbonyl (C=O) groups excluding carboxylic acids is 2. The molecule has 0 aliphatic rings. The van der Waals surface area contributed by atoms with Gasteiger partial charge in [0.2, 0.25) is 3.79 Å². The van der Waals surface area contributed by atoms with Crippen molar-refractivity contribution < 1.29 is 14.7 Å². The van der Waals surface area contributed by atoms with Crippen molar-refractivity contribution in [3.8, 4) is 0 Å². The maximum absolute atomic E-state index is 11.6. The van der Waals surface area contributed by atoms with Crippen LogP contribution in [0.5, 0.6) is 0 Å². The fourth-order valence-electron chi connectivity index (χ4n) is 1.13. The van der Waals surface area contributed by atoms with E-state index in [0.717, 1.165) is 0 Å². The van der Waals surface area contributed by atoms with E-state index in [0.29, 0.717) is 0 Å². The summed E-state index contributed by atoms with van der Waals surface area (Å²) in [6.45, 7) is 4.41. The summed E-state index contributed by atoms with van der Waals surface area (Å²) in [6, 6.07) is 0. The number of alkyl halides is 3. The molecule has 0 saturated heterocycles. The van der Waals surface area contributed by atoms with E-state index in [2.05, 4.69) is 0 Å². The molecule has 0 rings (SSSR count). The summed E-state index contributed by atoms with van der Waals surface area (Å²) in [5, 5.41) is 9.60. The summed E-state index contributed by atoms with van der Waals surface area (Å²) >= 11 is 16.3. The minimum Gasteiger partial charge on any atom is -0.387 e. The Hall–Kier alpha value is 0.170. The predicted octanol–water partition coefficient (Wildman–Crippen LogP) is 2.15. The van der Waals surface area contributed by atoms with Gasteiger partial charge < -0.3 is 5.11 Å². The molecule has 0 aliphatic heterocycles. The second-order valence-electron chi connectivity index (χ2n) is 3.63. The van der Waals surface area contributed by atoms with E-state index < -0.39 is 33.3 Å². The zero-order chi connectivity index (χ0) is 12.4. The predicted molar refractivity (Wildman–Crippen MR) is 60.3 cm³/mol. The quantitative estimate of drug-likeness (QED) is 0.632. The molecule has 1 N–H and O–H groups in total. The Morgan fingerprint density at radius 2 is 1.60 bits per heavy atom. The highest BCUT2D eigenvalue weighted by Crippen LogP contribution is 2.35. The van der Waals surface area contributed by atoms with E-state index in [9.17, 15) is 14.7 Å². The van der Waals surface area contributed by atoms with Crippen LogP contribution in [0.15, 0.2) is 0 Å². The first-order chi connectivity index (χ1) is 6.59. The van der Waals surface area contributed by atoms with Gasteiger partial charge in [-0.15, -0.1) is 0 Å². The van der Waals surface area contributed by atoms with E-state index >= 15 is 0 Å². The Morgan fingerprint density at radius 1 is 1.20 bits per heavy atom. The van der Waals surface area contributed by atoms with Gasteiger partial charge in [-0.2, -0.15) is 0 Å². The van der Waals surface area contributed by atoms with E-state index in [1.165, 1.54) is 6.92 Å². The van der Waals surface area contributed by atoms with Crippen LogP contribution >= 0.6 is 34.8 Å². The molecule has 15 heavy (non-hydrogen) atoms. The fourth-order valence-corrected chi connectivity index (χ4v) is 1.50. The van der Waals surface area contributed by atoms with Gasteiger partial charge in [0.15, 0.2) is 0 Å². The number of hydrogen-bond donors (Lipinski definition) is 1. The van der Waals surface area contributed by atoms with Gasteiger partial charge in [-0.3, -0.25) is 9.59 Å². The third-order valence-electron chi connectivity index (χ3n) is 1.96. The summed E-state index contributed by atoms with van der Waals surface area (Å²) < 4.78 is -2.04. The fraction of sp³-hybridized carbons (Fsp3) is 0.778. The normalized spacial score (nSPS) is 16.3. The Morgan fingerprint density at radius 3 is 1.80 bits per heavy atom. The molecular formula is C9H13Cl3O3. The van der Waals surface area contributed by atoms with Crippen molar-refractivity contribution in [1.82, 2.24) is 0 Å². The number of rotatable bonds is 4. The maximum atomic E-state index is 11.6. The molecule has 88 valence electrons. The number of aliphatic hydroxyl groups excluding tert-OH is 1. The molecular weight excluding hydrogens is 262 g/mol. The molecule has 0 spiro atoms. The third-order valence-corrected chi connectivity index (χ3v) is 2.64. The van der Waals surface area contributed by atoms with Crippen molar-refractivity contribution in [1.29, 1.82) is 0 Å². The Balaban J connectivity index is 5.00. The van der Waals surface area contributed by atoms with Gasteiger partial charge in [0, 0.05) is 5.92 Å². The van der Waals surface area contributed by atoms with Crippen LogP contribution in [0.4, 0.5) is 0 Å². The van der Waals surface area contributed by atoms with Crippen LogP contribution in [0, 0.1) is 11.8 Å². The smallest absolute Gasteiger partial charge is 0.217 e. The maximum Gasteiger partial charge on any atom is 0.217 e. The van der Waals surface area contributed by atoms with E-state index in [1.807, 2.05) is 0 Å². The number of ketones is 2. The molecule has 0 amide bonds. The van der Waals surface area contributed by atoms with Gasteiger partial charge in [-0.1, -0.05) is 48.7 Å². The summed E-state index contributed by atoms with van der Waals surface area (Å²) in [4.78, 5) is 22.8. The van der Waals surface area contributed by atoms with Crippen LogP contribution in [-0.2, 0) is 9.59 Å². The van der Waals surface area contributed by atoms with Crippen LogP contribution in [0.1, 0.15) is 20.8 Å². The molecule has 0 fully saturated rings. The summed E-state index contributed by atoms with van der Waals surface area (Å²) in [5.41, 5.74) is 0. The first-order valence-corrected chi connectivity index (χ1v) is 5.51. The zero-order valence-corrected chi connectivity index (χ0v) is 10.9. The van der Waals surface area contributed by atoms with E-state index in [1.54, 1.807) is 13.8 Å². The molecule has 0 saturated carbocycles. The molecule has 6 heteroatoms. The molecule has 0 aromatic heterocycles. The first kappa shape index (κ1) is 15.2. The minimum atomic E-state index is -2.04. The molecule has 2 atom stereocenters. The lowest BCUT2D eigenvalue weighted by Gasteiger charge is -2.26. The van der Waals surface area contributed by atoms with Crippen molar-refractivity contribution in [2.75, 3.05) is 0 Å². The lowest BCUT2D eigenvalue weighted by atomic mass is 9.88. The monoisotopic (exact) mass is 274 g/mol. The molecule has 0 aromatic rings. The average molecular weight is 276 g/mol. The van der Waals surface area contributed by atoms with Gasteiger partial charge in [0.1, 0.15) is 23.6 Å². The van der Waals surface area contributed by atoms with Crippen molar-refractivity contribution in [2.45, 2.75) is 30.7 Å². The van der Waals surface area contributed by atoms with Crippen LogP contribution < -0.4 is 0 Å². The standard InChI is InChI=1S/C9H13Cl3O3/c1-4(2)7(14)6(5(3)13)8(15)9(10,11)12/h4,6,8,15H,1-3H3. The van der Waals surface area contributed by atoms with Crippen LogP contribution in [0.2, 0.25) is 0 Å². The van der Waals surface area contributed by atoms with E-state index in [-0.39, 0.29) is 0 Å². The summed E-state index contributed by atoms with van der Waals surface area (Å²) in [6.07, 6.45) is -1.62. The second-order valence-corrected chi connectivity index (χ2v) is 6.00. The van der Waals surface area contributed by atoms with Gasteiger partial charge in [-0.05, 0) is 6.92 Å². The molecule has 0 aliphatic carbocycles. The van der Waals surface area contributed by atoms with Gasteiger partial charge in [0.25, 0.3) is 0 Å². The van der Waals surface area contributed by atoms with Crippen molar-refractivity contribution in [3.63, 3.8) is 0 Å². The molecule has 0 aromatic carbocycles. The van der Waals surface area contributed by atoms with Crippen LogP contribution in [-0.4, -0.2) is 26.6 Å². The highest BCUT2D eigenvalue weighted by molar-refractivity contribution is 6.68. The van der Waals surface area contributed by atoms with Crippen molar-refractivity contribution in [2.24, 2.45) is 11.8 Å². The molecule has 0 bridgehead atoms.